The Morgan fingerprint density at radius 3 is 2.47 bits per heavy atom. The first kappa shape index (κ1) is 13.8. The maximum absolute atomic E-state index is 11.8. The highest BCUT2D eigenvalue weighted by molar-refractivity contribution is 5.84. The van der Waals surface area contributed by atoms with Gasteiger partial charge < -0.3 is 9.64 Å². The van der Waals surface area contributed by atoms with E-state index in [0.29, 0.717) is 13.1 Å². The number of carbonyl (C=O) groups excluding carboxylic acids is 2. The van der Waals surface area contributed by atoms with Gasteiger partial charge in [0, 0.05) is 19.1 Å². The number of piperazine rings is 1. The van der Waals surface area contributed by atoms with Gasteiger partial charge in [-0.15, -0.1) is 0 Å². The molecule has 0 spiro atoms. The highest BCUT2D eigenvalue weighted by Gasteiger charge is 2.33. The highest BCUT2D eigenvalue weighted by atomic mass is 16.6. The summed E-state index contributed by atoms with van der Waals surface area (Å²) >= 11 is 0. The number of rotatable bonds is 1. The average Bonchev–Trinajstić information content (AvgIpc) is 2.14. The third kappa shape index (κ3) is 3.61. The van der Waals surface area contributed by atoms with Crippen LogP contribution in [0.4, 0.5) is 4.79 Å². The van der Waals surface area contributed by atoms with E-state index in [1.165, 1.54) is 4.90 Å². The van der Waals surface area contributed by atoms with Crippen molar-refractivity contribution < 1.29 is 14.3 Å². The van der Waals surface area contributed by atoms with Crippen molar-refractivity contribution in [3.63, 3.8) is 0 Å². The third-order valence-electron chi connectivity index (χ3n) is 2.66. The molecule has 1 fully saturated rings. The molecule has 1 rings (SSSR count). The van der Waals surface area contributed by atoms with Crippen LogP contribution < -0.4 is 0 Å². The molecule has 0 saturated carbocycles. The fourth-order valence-corrected chi connectivity index (χ4v) is 1.94. The quantitative estimate of drug-likeness (QED) is 0.699. The molecule has 0 aromatic heterocycles. The van der Waals surface area contributed by atoms with E-state index in [-0.39, 0.29) is 18.5 Å². The van der Waals surface area contributed by atoms with Gasteiger partial charge in [-0.05, 0) is 34.6 Å². The van der Waals surface area contributed by atoms with Gasteiger partial charge in [-0.2, -0.15) is 0 Å². The second-order valence-electron chi connectivity index (χ2n) is 5.39. The van der Waals surface area contributed by atoms with E-state index in [4.69, 9.17) is 4.74 Å². The van der Waals surface area contributed by atoms with Crippen LogP contribution in [0.3, 0.4) is 0 Å². The zero-order valence-corrected chi connectivity index (χ0v) is 11.3. The molecular formula is C12H22N2O3. The van der Waals surface area contributed by atoms with Crippen molar-refractivity contribution >= 4 is 12.0 Å². The maximum Gasteiger partial charge on any atom is 0.410 e. The van der Waals surface area contributed by atoms with E-state index < -0.39 is 11.7 Å². The predicted molar refractivity (Wildman–Crippen MR) is 64.7 cm³/mol. The Morgan fingerprint density at radius 1 is 1.47 bits per heavy atom. The zero-order chi connectivity index (χ0) is 13.2. The molecule has 0 N–H and O–H groups in total. The Kier molecular flexibility index (Phi) is 4.01. The summed E-state index contributed by atoms with van der Waals surface area (Å²) in [7, 11) is 0. The number of amides is 2. The van der Waals surface area contributed by atoms with Crippen molar-refractivity contribution in [1.29, 1.82) is 0 Å². The largest absolute Gasteiger partial charge is 0.444 e. The van der Waals surface area contributed by atoms with E-state index in [2.05, 4.69) is 0 Å². The van der Waals surface area contributed by atoms with Crippen molar-refractivity contribution in [3.8, 4) is 0 Å². The van der Waals surface area contributed by atoms with Crippen molar-refractivity contribution in [2.45, 2.75) is 46.3 Å². The molecular weight excluding hydrogens is 220 g/mol. The molecule has 5 nitrogen and oxygen atoms in total. The monoisotopic (exact) mass is 242 g/mol. The van der Waals surface area contributed by atoms with Crippen molar-refractivity contribution in [2.24, 2.45) is 0 Å². The number of nitrogens with zero attached hydrogens (tertiary/aromatic N) is 2. The van der Waals surface area contributed by atoms with Gasteiger partial charge in [-0.25, -0.2) is 4.79 Å². The average molecular weight is 242 g/mol. The summed E-state index contributed by atoms with van der Waals surface area (Å²) in [6.45, 7) is 10.7. The van der Waals surface area contributed by atoms with Crippen LogP contribution in [0.2, 0.25) is 0 Å². The SMILES string of the molecule is CCN1C(=O)CN(C(=O)OC(C)(C)C)CC1C. The zero-order valence-electron chi connectivity index (χ0n) is 11.3. The second-order valence-corrected chi connectivity index (χ2v) is 5.39. The molecule has 5 heteroatoms. The first-order valence-electron chi connectivity index (χ1n) is 6.02. The predicted octanol–water partition coefficient (Wildman–Crippen LogP) is 1.47. The van der Waals surface area contributed by atoms with Crippen LogP contribution in [0.25, 0.3) is 0 Å². The first-order chi connectivity index (χ1) is 7.74. The Labute approximate surface area is 103 Å². The smallest absolute Gasteiger partial charge is 0.410 e. The molecule has 98 valence electrons. The van der Waals surface area contributed by atoms with E-state index in [1.54, 1.807) is 4.90 Å². The summed E-state index contributed by atoms with van der Waals surface area (Å²) in [4.78, 5) is 26.9. The van der Waals surface area contributed by atoms with Gasteiger partial charge in [0.05, 0.1) is 0 Å². The van der Waals surface area contributed by atoms with E-state index >= 15 is 0 Å². The van der Waals surface area contributed by atoms with Gasteiger partial charge in [0.1, 0.15) is 12.1 Å². The topological polar surface area (TPSA) is 49.9 Å². The van der Waals surface area contributed by atoms with Gasteiger partial charge in [0.2, 0.25) is 5.91 Å². The Morgan fingerprint density at radius 2 is 2.06 bits per heavy atom. The highest BCUT2D eigenvalue weighted by Crippen LogP contribution is 2.15. The lowest BCUT2D eigenvalue weighted by atomic mass is 10.2. The van der Waals surface area contributed by atoms with Crippen molar-refractivity contribution in [3.05, 3.63) is 0 Å². The Balaban J connectivity index is 2.64. The molecule has 2 amide bonds. The number of ether oxygens (including phenoxy) is 1. The number of likely N-dealkylation sites (N-methyl/N-ethyl adjacent to an activating group) is 1. The lowest BCUT2D eigenvalue weighted by molar-refractivity contribution is -0.138. The van der Waals surface area contributed by atoms with Crippen molar-refractivity contribution in [2.75, 3.05) is 19.6 Å². The van der Waals surface area contributed by atoms with Crippen LogP contribution >= 0.6 is 0 Å². The normalized spacial score (nSPS) is 21.7. The minimum Gasteiger partial charge on any atom is -0.444 e. The number of carbonyl (C=O) groups is 2. The van der Waals surface area contributed by atoms with Crippen LogP contribution in [-0.4, -0.2) is 53.1 Å². The molecule has 1 heterocycles. The summed E-state index contributed by atoms with van der Waals surface area (Å²) in [6, 6.07) is 0.0498. The van der Waals surface area contributed by atoms with E-state index in [9.17, 15) is 9.59 Å². The van der Waals surface area contributed by atoms with Gasteiger partial charge >= 0.3 is 6.09 Å². The third-order valence-corrected chi connectivity index (χ3v) is 2.66. The lowest BCUT2D eigenvalue weighted by Gasteiger charge is -2.39. The number of hydrogen-bond donors (Lipinski definition) is 0. The summed E-state index contributed by atoms with van der Waals surface area (Å²) in [5.74, 6) is -0.0166. The maximum atomic E-state index is 11.8. The summed E-state index contributed by atoms with van der Waals surface area (Å²) in [6.07, 6.45) is -0.409. The summed E-state index contributed by atoms with van der Waals surface area (Å²) in [5, 5.41) is 0. The van der Waals surface area contributed by atoms with Crippen LogP contribution in [-0.2, 0) is 9.53 Å². The van der Waals surface area contributed by atoms with Crippen LogP contribution in [0.15, 0.2) is 0 Å². The standard InChI is InChI=1S/C12H22N2O3/c1-6-14-9(2)7-13(8-10(14)15)11(16)17-12(3,4)5/h9H,6-8H2,1-5H3. The molecule has 0 aromatic carbocycles. The molecule has 1 aliphatic heterocycles. The van der Waals surface area contributed by atoms with E-state index in [0.717, 1.165) is 0 Å². The Hall–Kier alpha value is -1.26. The van der Waals surface area contributed by atoms with Crippen molar-refractivity contribution in [1.82, 2.24) is 9.80 Å². The summed E-state index contributed by atoms with van der Waals surface area (Å²) in [5.41, 5.74) is -0.523. The molecule has 0 radical (unpaired) electrons. The second kappa shape index (κ2) is 4.94. The molecule has 0 aliphatic carbocycles. The fraction of sp³-hybridized carbons (Fsp3) is 0.833. The van der Waals surface area contributed by atoms with Crippen LogP contribution in [0.5, 0.6) is 0 Å². The molecule has 0 bridgehead atoms. The van der Waals surface area contributed by atoms with E-state index in [1.807, 2.05) is 34.6 Å². The minimum absolute atomic E-state index is 0.0166. The molecule has 1 saturated heterocycles. The first-order valence-corrected chi connectivity index (χ1v) is 6.02. The van der Waals surface area contributed by atoms with Gasteiger partial charge in [-0.3, -0.25) is 9.69 Å². The summed E-state index contributed by atoms with van der Waals surface area (Å²) < 4.78 is 5.26. The van der Waals surface area contributed by atoms with Gasteiger partial charge in [0.25, 0.3) is 0 Å². The minimum atomic E-state index is -0.523. The lowest BCUT2D eigenvalue weighted by Crippen LogP contribution is -2.57. The van der Waals surface area contributed by atoms with Gasteiger partial charge in [-0.1, -0.05) is 0 Å². The van der Waals surface area contributed by atoms with Crippen LogP contribution in [0, 0.1) is 0 Å². The molecule has 1 atom stereocenters. The molecule has 0 aromatic rings. The molecule has 17 heavy (non-hydrogen) atoms. The molecule has 1 aliphatic rings. The Bertz CT molecular complexity index is 309. The number of hydrogen-bond acceptors (Lipinski definition) is 3. The fourth-order valence-electron chi connectivity index (χ4n) is 1.94. The van der Waals surface area contributed by atoms with Crippen LogP contribution in [0.1, 0.15) is 34.6 Å². The van der Waals surface area contributed by atoms with Gasteiger partial charge in [0.15, 0.2) is 0 Å². The molecule has 1 unspecified atom stereocenters.